The van der Waals surface area contributed by atoms with E-state index in [4.69, 9.17) is 19.3 Å². The number of rotatable bonds is 4. The lowest BCUT2D eigenvalue weighted by Gasteiger charge is -2.26. The molecule has 0 spiro atoms. The van der Waals surface area contributed by atoms with Crippen LogP contribution in [0.1, 0.15) is 0 Å². The van der Waals surface area contributed by atoms with E-state index in [0.717, 1.165) is 4.43 Å². The first-order valence-corrected chi connectivity index (χ1v) is 6.14. The Labute approximate surface area is 102 Å². The molecule has 0 aromatic carbocycles. The monoisotopic (exact) mass is 329 g/mol. The highest BCUT2D eigenvalue weighted by Gasteiger charge is 2.24. The van der Waals surface area contributed by atoms with Gasteiger partial charge in [-0.25, -0.2) is 4.79 Å². The fourth-order valence-electron chi connectivity index (χ4n) is 1.03. The van der Waals surface area contributed by atoms with Gasteiger partial charge < -0.3 is 19.3 Å². The molecule has 0 radical (unpaired) electrons. The second kappa shape index (κ2) is 6.29. The molecule has 5 nitrogen and oxygen atoms in total. The Kier molecular flexibility index (Phi) is 5.34. The third kappa shape index (κ3) is 4.35. The van der Waals surface area contributed by atoms with Gasteiger partial charge in [-0.15, -0.1) is 0 Å². The Morgan fingerprint density at radius 2 is 2.07 bits per heavy atom. The van der Waals surface area contributed by atoms with Gasteiger partial charge in [0, 0.05) is 0 Å². The third-order valence-electron chi connectivity index (χ3n) is 1.86. The fourth-order valence-corrected chi connectivity index (χ4v) is 1.58. The lowest BCUT2D eigenvalue weighted by atomic mass is 10.3. The zero-order chi connectivity index (χ0) is 11.3. The van der Waals surface area contributed by atoms with Crippen LogP contribution in [0.4, 0.5) is 0 Å². The average molecular weight is 329 g/mol. The van der Waals surface area contributed by atoms with Gasteiger partial charge in [0.05, 0.1) is 13.2 Å². The highest BCUT2D eigenvalue weighted by atomic mass is 127. The van der Waals surface area contributed by atoms with Crippen LogP contribution in [-0.2, 0) is 19.0 Å². The minimum Gasteiger partial charge on any atom is -0.502 e. The molecule has 0 bridgehead atoms. The molecule has 0 aromatic heterocycles. The molecule has 0 saturated carbocycles. The van der Waals surface area contributed by atoms with Crippen LogP contribution in [0.5, 0.6) is 0 Å². The molecule has 86 valence electrons. The third-order valence-corrected chi connectivity index (χ3v) is 2.92. The van der Waals surface area contributed by atoms with Crippen molar-refractivity contribution >= 4 is 5.97 Å². The topological polar surface area (TPSA) is 65.0 Å². The molecule has 0 aliphatic carbocycles. The van der Waals surface area contributed by atoms with Crippen molar-refractivity contribution < 1.29 is 46.7 Å². The summed E-state index contributed by atoms with van der Waals surface area (Å²) in [6.07, 6.45) is -0.119. The summed E-state index contributed by atoms with van der Waals surface area (Å²) >= 11 is 1.95. The van der Waals surface area contributed by atoms with E-state index in [-0.39, 0.29) is 18.8 Å². The number of carbonyl (C=O) groups is 1. The van der Waals surface area contributed by atoms with Gasteiger partial charge in [0.1, 0.15) is 18.8 Å². The summed E-state index contributed by atoms with van der Waals surface area (Å²) in [7, 11) is 0. The first-order valence-electron chi connectivity index (χ1n) is 4.49. The van der Waals surface area contributed by atoms with E-state index >= 15 is 0 Å². The largest absolute Gasteiger partial charge is 0.502 e. The number of aliphatic hydroxyl groups is 1. The zero-order valence-corrected chi connectivity index (χ0v) is 10.5. The Hall–Kier alpha value is -0.340. The molecule has 15 heavy (non-hydrogen) atoms. The smallest absolute Gasteiger partial charge is 0.372 e. The van der Waals surface area contributed by atoms with E-state index in [2.05, 4.69) is 6.58 Å². The molecule has 1 aliphatic heterocycles. The predicted octanol–water partition coefficient (Wildman–Crippen LogP) is -3.33. The van der Waals surface area contributed by atoms with Gasteiger partial charge in [-0.2, -0.15) is 0 Å². The highest BCUT2D eigenvalue weighted by Crippen LogP contribution is 2.06. The standard InChI is InChI=1S/C9H13IO5/c1-6(11)9(12)15-5-8-4-13-7(2-10)3-14-8/h7-8,10H,1-5H2/p+1. The summed E-state index contributed by atoms with van der Waals surface area (Å²) in [5.41, 5.74) is 0. The molecule has 1 saturated heterocycles. The summed E-state index contributed by atoms with van der Waals surface area (Å²) in [6, 6.07) is 0. The number of hydrogen-bond acceptors (Lipinski definition) is 5. The molecule has 1 N–H and O–H groups in total. The summed E-state index contributed by atoms with van der Waals surface area (Å²) in [6.45, 7) is 4.06. The van der Waals surface area contributed by atoms with Crippen molar-refractivity contribution in [3.8, 4) is 0 Å². The van der Waals surface area contributed by atoms with Crippen LogP contribution in [0.2, 0.25) is 0 Å². The van der Waals surface area contributed by atoms with E-state index in [9.17, 15) is 4.79 Å². The quantitative estimate of drug-likeness (QED) is 0.192. The van der Waals surface area contributed by atoms with Gasteiger partial charge >= 0.3 is 5.97 Å². The number of halogens is 1. The molecule has 1 heterocycles. The second-order valence-corrected chi connectivity index (χ2v) is 4.07. The van der Waals surface area contributed by atoms with Crippen LogP contribution >= 0.6 is 0 Å². The maximum atomic E-state index is 10.8. The lowest BCUT2D eigenvalue weighted by molar-refractivity contribution is -0.393. The van der Waals surface area contributed by atoms with Crippen LogP contribution < -0.4 is 22.6 Å². The molecule has 6 heteroatoms. The van der Waals surface area contributed by atoms with Crippen molar-refractivity contribution in [1.82, 2.24) is 0 Å². The zero-order valence-electron chi connectivity index (χ0n) is 8.18. The molecule has 0 aromatic rings. The fraction of sp³-hybridized carbons (Fsp3) is 0.667. The van der Waals surface area contributed by atoms with Crippen molar-refractivity contribution in [2.24, 2.45) is 0 Å². The highest BCUT2D eigenvalue weighted by molar-refractivity contribution is 5.84. The molecular formula is C9H14IO5+. The molecular weight excluding hydrogens is 315 g/mol. The van der Waals surface area contributed by atoms with Crippen molar-refractivity contribution in [2.45, 2.75) is 12.2 Å². The maximum Gasteiger partial charge on any atom is 0.372 e. The van der Waals surface area contributed by atoms with Gasteiger partial charge in [0.25, 0.3) is 22.6 Å². The summed E-state index contributed by atoms with van der Waals surface area (Å²) in [5.74, 6) is -1.42. The van der Waals surface area contributed by atoms with Crippen molar-refractivity contribution in [1.29, 1.82) is 0 Å². The number of aliphatic hydroxyl groups excluding tert-OH is 1. The summed E-state index contributed by atoms with van der Waals surface area (Å²) in [5, 5.41) is 8.69. The molecule has 1 fully saturated rings. The summed E-state index contributed by atoms with van der Waals surface area (Å²) < 4.78 is 16.5. The number of carbonyl (C=O) groups excluding carboxylic acids is 1. The lowest BCUT2D eigenvalue weighted by Crippen LogP contribution is -3.36. The molecule has 2 atom stereocenters. The Morgan fingerprint density at radius 3 is 2.53 bits per heavy atom. The van der Waals surface area contributed by atoms with Crippen LogP contribution in [-0.4, -0.2) is 47.5 Å². The SMILES string of the molecule is C=C(O)C(=O)OCC1COC(C[IH+])CO1. The van der Waals surface area contributed by atoms with Gasteiger partial charge in [-0.05, 0) is 6.58 Å². The van der Waals surface area contributed by atoms with Gasteiger partial charge in [0.15, 0.2) is 10.2 Å². The van der Waals surface area contributed by atoms with Crippen LogP contribution in [0.3, 0.4) is 0 Å². The molecule has 1 rings (SSSR count). The van der Waals surface area contributed by atoms with E-state index in [1.165, 1.54) is 0 Å². The molecule has 1 aliphatic rings. The van der Waals surface area contributed by atoms with Crippen LogP contribution in [0.15, 0.2) is 12.3 Å². The van der Waals surface area contributed by atoms with Crippen LogP contribution in [0, 0.1) is 0 Å². The minimum absolute atomic E-state index is 0.0790. The minimum atomic E-state index is -0.822. The summed E-state index contributed by atoms with van der Waals surface area (Å²) in [4.78, 5) is 10.8. The van der Waals surface area contributed by atoms with Crippen molar-refractivity contribution in [3.63, 3.8) is 0 Å². The number of ether oxygens (including phenoxy) is 3. The van der Waals surface area contributed by atoms with E-state index in [0.29, 0.717) is 13.2 Å². The Morgan fingerprint density at radius 1 is 1.47 bits per heavy atom. The van der Waals surface area contributed by atoms with Gasteiger partial charge in [-0.3, -0.25) is 0 Å². The van der Waals surface area contributed by atoms with Gasteiger partial charge in [0.2, 0.25) is 0 Å². The van der Waals surface area contributed by atoms with E-state index in [1.54, 1.807) is 0 Å². The van der Waals surface area contributed by atoms with Crippen molar-refractivity contribution in [3.05, 3.63) is 12.3 Å². The second-order valence-electron chi connectivity index (χ2n) is 3.12. The average Bonchev–Trinajstić information content (AvgIpc) is 2.26. The Balaban J connectivity index is 2.19. The first-order chi connectivity index (χ1) is 7.13. The first kappa shape index (κ1) is 12.7. The Bertz CT molecular complexity index is 235. The molecule has 0 amide bonds. The normalized spacial score (nSPS) is 25.9. The molecule has 2 unspecified atom stereocenters. The predicted molar refractivity (Wildman–Crippen MR) is 48.5 cm³/mol. The maximum absolute atomic E-state index is 10.8. The number of hydrogen-bond donors (Lipinski definition) is 1. The van der Waals surface area contributed by atoms with E-state index < -0.39 is 11.7 Å². The number of esters is 1. The van der Waals surface area contributed by atoms with Gasteiger partial charge in [-0.1, -0.05) is 0 Å². The van der Waals surface area contributed by atoms with Crippen molar-refractivity contribution in [2.75, 3.05) is 24.2 Å². The van der Waals surface area contributed by atoms with E-state index in [1.807, 2.05) is 22.6 Å². The van der Waals surface area contributed by atoms with Crippen LogP contribution in [0.25, 0.3) is 0 Å². The number of alkyl halides is 1.